The summed E-state index contributed by atoms with van der Waals surface area (Å²) in [6.07, 6.45) is -28.6. The average Bonchev–Trinajstić information content (AvgIpc) is 2.18. The summed E-state index contributed by atoms with van der Waals surface area (Å²) in [4.78, 5) is 0. The molecule has 0 radical (unpaired) electrons. The number of halogens is 14. The summed E-state index contributed by atoms with van der Waals surface area (Å²) in [6.45, 7) is 0. The second-order valence-corrected chi connectivity index (χ2v) is 3.44. The summed E-state index contributed by atoms with van der Waals surface area (Å²) in [5.74, 6) is -13.9. The van der Waals surface area contributed by atoms with Crippen molar-refractivity contribution < 1.29 is 61.5 Å². The van der Waals surface area contributed by atoms with Gasteiger partial charge in [-0.05, 0) is 0 Å². The highest BCUT2D eigenvalue weighted by Gasteiger charge is 2.78. The van der Waals surface area contributed by atoms with Crippen LogP contribution in [0.1, 0.15) is 0 Å². The van der Waals surface area contributed by atoms with Crippen LogP contribution in [-0.4, -0.2) is 36.3 Å². The molecule has 2 nitrogen and oxygen atoms in total. The van der Waals surface area contributed by atoms with Crippen LogP contribution in [0.5, 0.6) is 0 Å². The van der Waals surface area contributed by atoms with Gasteiger partial charge < -0.3 is 0 Å². The lowest BCUT2D eigenvalue weighted by Gasteiger charge is -2.28. The van der Waals surface area contributed by atoms with E-state index in [-0.39, 0.29) is 0 Å². The summed E-state index contributed by atoms with van der Waals surface area (Å²) >= 11 is 0. The summed E-state index contributed by atoms with van der Waals surface area (Å²) in [7, 11) is 0. The van der Waals surface area contributed by atoms with E-state index in [1.54, 1.807) is 0 Å². The average molecular weight is 366 g/mol. The van der Waals surface area contributed by atoms with E-state index in [0.717, 1.165) is 0 Å². The van der Waals surface area contributed by atoms with Gasteiger partial charge in [-0.25, -0.2) is 0 Å². The summed E-state index contributed by atoms with van der Waals surface area (Å²) in [5.41, 5.74) is 0. The Morgan fingerprint density at radius 1 is 0.318 bits per heavy atom. The molecule has 0 fully saturated rings. The zero-order chi connectivity index (χ0) is 18.4. The van der Waals surface area contributed by atoms with Crippen LogP contribution >= 0.6 is 0 Å². The van der Waals surface area contributed by atoms with Gasteiger partial charge in [-0.1, -0.05) is 0 Å². The third kappa shape index (κ3) is 3.34. The molecule has 132 valence electrons. The van der Waals surface area contributed by atoms with Crippen LogP contribution in [-0.2, 0) is 0 Å². The molecular weight excluding hydrogens is 366 g/mol. The van der Waals surface area contributed by atoms with Crippen molar-refractivity contribution in [2.24, 2.45) is 10.2 Å². The SMILES string of the molecule is FC(F)(F)C(F)(N=NC(F)(C(F)(F)F)C(F)(F)F)C(F)(F)F. The van der Waals surface area contributed by atoms with E-state index in [4.69, 9.17) is 0 Å². The lowest BCUT2D eigenvalue weighted by Crippen LogP contribution is -2.54. The zero-order valence-corrected chi connectivity index (χ0v) is 9.19. The van der Waals surface area contributed by atoms with Crippen molar-refractivity contribution in [3.63, 3.8) is 0 Å². The van der Waals surface area contributed by atoms with Gasteiger partial charge in [0.1, 0.15) is 0 Å². The van der Waals surface area contributed by atoms with Crippen molar-refractivity contribution in [1.82, 2.24) is 0 Å². The first-order chi connectivity index (χ1) is 9.21. The maximum absolute atomic E-state index is 12.7. The fraction of sp³-hybridized carbons (Fsp3) is 1.00. The van der Waals surface area contributed by atoms with Crippen molar-refractivity contribution in [2.75, 3.05) is 0 Å². The fourth-order valence-corrected chi connectivity index (χ4v) is 0.686. The van der Waals surface area contributed by atoms with Crippen LogP contribution in [0.4, 0.5) is 61.5 Å². The summed E-state index contributed by atoms with van der Waals surface area (Å²) in [5, 5.41) is 0.593. The van der Waals surface area contributed by atoms with E-state index in [0.29, 0.717) is 10.2 Å². The Morgan fingerprint density at radius 3 is 0.545 bits per heavy atom. The molecule has 0 heterocycles. The standard InChI is InChI=1S/C6F14N2/c7-1(3(9,10)11,4(12,13)14)21-22-2(8,5(15,16)17)6(18,19)20. The lowest BCUT2D eigenvalue weighted by atomic mass is 10.2. The molecule has 0 aliphatic carbocycles. The number of azo groups is 1. The summed E-state index contributed by atoms with van der Waals surface area (Å²) < 4.78 is 167. The Balaban J connectivity index is 6.18. The van der Waals surface area contributed by atoms with Crippen molar-refractivity contribution in [2.45, 2.75) is 36.3 Å². The van der Waals surface area contributed by atoms with E-state index < -0.39 is 36.3 Å². The molecule has 0 unspecified atom stereocenters. The highest BCUT2D eigenvalue weighted by Crippen LogP contribution is 2.51. The highest BCUT2D eigenvalue weighted by molar-refractivity contribution is 4.95. The maximum atomic E-state index is 12.7. The van der Waals surface area contributed by atoms with Crippen molar-refractivity contribution in [3.8, 4) is 0 Å². The number of nitrogens with zero attached hydrogens (tertiary/aromatic N) is 2. The second-order valence-electron chi connectivity index (χ2n) is 3.44. The minimum absolute atomic E-state index is 0.297. The molecular formula is C6F14N2. The van der Waals surface area contributed by atoms with Gasteiger partial charge in [-0.3, -0.25) is 0 Å². The van der Waals surface area contributed by atoms with E-state index in [2.05, 4.69) is 0 Å². The number of hydrogen-bond donors (Lipinski definition) is 0. The van der Waals surface area contributed by atoms with Crippen molar-refractivity contribution >= 4 is 0 Å². The van der Waals surface area contributed by atoms with Gasteiger partial charge in [0.2, 0.25) is 0 Å². The van der Waals surface area contributed by atoms with Crippen LogP contribution in [0.25, 0.3) is 0 Å². The van der Waals surface area contributed by atoms with Gasteiger partial charge in [-0.15, -0.1) is 10.2 Å². The molecule has 0 saturated carbocycles. The third-order valence-electron chi connectivity index (χ3n) is 1.83. The Bertz CT molecular complexity index is 353. The second kappa shape index (κ2) is 5.07. The fourth-order valence-electron chi connectivity index (χ4n) is 0.686. The van der Waals surface area contributed by atoms with Crippen molar-refractivity contribution in [1.29, 1.82) is 0 Å². The molecule has 0 rings (SSSR count). The van der Waals surface area contributed by atoms with Crippen molar-refractivity contribution in [3.05, 3.63) is 0 Å². The van der Waals surface area contributed by atoms with Gasteiger partial charge in [0.15, 0.2) is 0 Å². The predicted octanol–water partition coefficient (Wildman–Crippen LogP) is 5.02. The molecule has 0 saturated heterocycles. The maximum Gasteiger partial charge on any atom is 0.455 e. The number of rotatable bonds is 2. The molecule has 0 N–H and O–H groups in total. The predicted molar refractivity (Wildman–Crippen MR) is 36.8 cm³/mol. The van der Waals surface area contributed by atoms with Gasteiger partial charge in [0, 0.05) is 0 Å². The monoisotopic (exact) mass is 366 g/mol. The summed E-state index contributed by atoms with van der Waals surface area (Å²) in [6, 6.07) is 0. The van der Waals surface area contributed by atoms with E-state index in [1.807, 2.05) is 0 Å². The zero-order valence-electron chi connectivity index (χ0n) is 9.19. The van der Waals surface area contributed by atoms with Crippen LogP contribution in [0.3, 0.4) is 0 Å². The van der Waals surface area contributed by atoms with Crippen LogP contribution in [0.2, 0.25) is 0 Å². The lowest BCUT2D eigenvalue weighted by molar-refractivity contribution is -0.355. The van der Waals surface area contributed by atoms with Gasteiger partial charge in [0.25, 0.3) is 0 Å². The van der Waals surface area contributed by atoms with Gasteiger partial charge in [-0.2, -0.15) is 61.5 Å². The normalized spacial score (nSPS) is 16.5. The Morgan fingerprint density at radius 2 is 0.455 bits per heavy atom. The minimum Gasteiger partial charge on any atom is -0.195 e. The smallest absolute Gasteiger partial charge is 0.195 e. The number of alkyl halides is 14. The first-order valence-corrected chi connectivity index (χ1v) is 4.29. The van der Waals surface area contributed by atoms with Gasteiger partial charge in [0.05, 0.1) is 0 Å². The molecule has 0 atom stereocenters. The molecule has 0 bridgehead atoms. The minimum atomic E-state index is -7.15. The molecule has 0 aromatic carbocycles. The highest BCUT2D eigenvalue weighted by atomic mass is 19.4. The van der Waals surface area contributed by atoms with E-state index in [1.165, 1.54) is 0 Å². The van der Waals surface area contributed by atoms with Crippen LogP contribution in [0, 0.1) is 0 Å². The molecule has 16 heteroatoms. The molecule has 0 aliphatic heterocycles. The molecule has 0 spiro atoms. The molecule has 0 aliphatic rings. The van der Waals surface area contributed by atoms with Gasteiger partial charge >= 0.3 is 36.3 Å². The Labute approximate surface area is 109 Å². The van der Waals surface area contributed by atoms with Crippen LogP contribution < -0.4 is 0 Å². The number of hydrogen-bond acceptors (Lipinski definition) is 2. The first kappa shape index (κ1) is 20.6. The molecule has 0 amide bonds. The molecule has 0 aromatic rings. The molecule has 0 aromatic heterocycles. The van der Waals surface area contributed by atoms with E-state index in [9.17, 15) is 61.5 Å². The first-order valence-electron chi connectivity index (χ1n) is 4.29. The topological polar surface area (TPSA) is 24.7 Å². The van der Waals surface area contributed by atoms with Crippen LogP contribution in [0.15, 0.2) is 10.2 Å². The third-order valence-corrected chi connectivity index (χ3v) is 1.83. The Hall–Kier alpha value is -1.38. The molecule has 22 heavy (non-hydrogen) atoms. The largest absolute Gasteiger partial charge is 0.455 e. The van der Waals surface area contributed by atoms with E-state index >= 15 is 0 Å². The quantitative estimate of drug-likeness (QED) is 0.373. The Kier molecular flexibility index (Phi) is 4.75.